The maximum atomic E-state index is 13.0. The molecule has 216 valence electrons. The number of methoxy groups -OCH3 is 2. The van der Waals surface area contributed by atoms with Gasteiger partial charge in [-0.3, -0.25) is 14.8 Å². The van der Waals surface area contributed by atoms with E-state index in [0.29, 0.717) is 56.8 Å². The van der Waals surface area contributed by atoms with E-state index >= 15 is 0 Å². The molecule has 0 aliphatic heterocycles. The highest BCUT2D eigenvalue weighted by molar-refractivity contribution is 6.33. The van der Waals surface area contributed by atoms with Gasteiger partial charge in [0.15, 0.2) is 0 Å². The molecule has 4 rings (SSSR count). The zero-order chi connectivity index (χ0) is 29.7. The lowest BCUT2D eigenvalue weighted by molar-refractivity contribution is -0.131. The molecule has 1 aromatic heterocycles. The van der Waals surface area contributed by atoms with Gasteiger partial charge in [-0.1, -0.05) is 25.4 Å². The van der Waals surface area contributed by atoms with Crippen molar-refractivity contribution in [2.45, 2.75) is 39.7 Å². The van der Waals surface area contributed by atoms with E-state index in [1.165, 1.54) is 14.2 Å². The molecule has 0 spiro atoms. The predicted octanol–water partition coefficient (Wildman–Crippen LogP) is 6.23. The number of aromatic amines is 1. The number of nitrogens with zero attached hydrogens (tertiary/aromatic N) is 1. The first-order valence-electron chi connectivity index (χ1n) is 12.9. The number of rotatable bonds is 11. The molecule has 11 heteroatoms. The maximum absolute atomic E-state index is 13.0. The van der Waals surface area contributed by atoms with Crippen molar-refractivity contribution in [2.75, 3.05) is 19.5 Å². The number of nitrogens with one attached hydrogen (secondary N) is 3. The molecular formula is C30H33ClN4O6. The summed E-state index contributed by atoms with van der Waals surface area (Å²) in [6.07, 6.45) is 0.591. The highest BCUT2D eigenvalue weighted by Gasteiger charge is 2.25. The summed E-state index contributed by atoms with van der Waals surface area (Å²) in [6.45, 7) is 5.82. The summed E-state index contributed by atoms with van der Waals surface area (Å²) in [6, 6.07) is 15.6. The third-order valence-electron chi connectivity index (χ3n) is 6.49. The summed E-state index contributed by atoms with van der Waals surface area (Å²) in [5, 5.41) is 12.2. The van der Waals surface area contributed by atoms with Crippen molar-refractivity contribution in [1.29, 1.82) is 0 Å². The van der Waals surface area contributed by atoms with E-state index < -0.39 is 5.91 Å². The number of hydrogen-bond donors (Lipinski definition) is 4. The normalized spacial score (nSPS) is 12.1. The Kier molecular flexibility index (Phi) is 9.05. The summed E-state index contributed by atoms with van der Waals surface area (Å²) in [7, 11) is 3.04. The first-order chi connectivity index (χ1) is 19.5. The van der Waals surface area contributed by atoms with E-state index in [0.717, 1.165) is 5.52 Å². The van der Waals surface area contributed by atoms with Crippen LogP contribution in [-0.2, 0) is 4.79 Å². The number of amides is 2. The second kappa shape index (κ2) is 12.5. The highest BCUT2D eigenvalue weighted by atomic mass is 35.5. The smallest absolute Gasteiger partial charge is 0.255 e. The number of benzene rings is 3. The Morgan fingerprint density at radius 2 is 1.73 bits per heavy atom. The molecule has 0 fully saturated rings. The molecule has 4 N–H and O–H groups in total. The number of H-pyrrole nitrogens is 1. The summed E-state index contributed by atoms with van der Waals surface area (Å²) >= 11 is 6.52. The standard InChI is InChI=1S/C30H33ClN4O6/c1-17(15-30(2,3)16-27(36)35-38)41-20-7-9-25-26(14-20)34-28(33-25)23-12-19(6-8-24(23)31)32-29(37)18-10-21(39-4)13-22(11-18)40-5/h6-14,17,38H,15-16H2,1-5H3,(H,32,37)(H,33,34)(H,35,36). The van der Waals surface area contributed by atoms with Crippen molar-refractivity contribution in [1.82, 2.24) is 15.4 Å². The molecule has 1 atom stereocenters. The summed E-state index contributed by atoms with van der Waals surface area (Å²) in [5.41, 5.74) is 4.31. The molecule has 0 aliphatic carbocycles. The fourth-order valence-corrected chi connectivity index (χ4v) is 4.92. The van der Waals surface area contributed by atoms with Crippen LogP contribution in [0.15, 0.2) is 54.6 Å². The molecular weight excluding hydrogens is 548 g/mol. The van der Waals surface area contributed by atoms with Gasteiger partial charge in [0.25, 0.3) is 5.91 Å². The van der Waals surface area contributed by atoms with Crippen LogP contribution < -0.4 is 25.0 Å². The van der Waals surface area contributed by atoms with Crippen molar-refractivity contribution >= 4 is 40.1 Å². The first kappa shape index (κ1) is 29.7. The maximum Gasteiger partial charge on any atom is 0.255 e. The summed E-state index contributed by atoms with van der Waals surface area (Å²) in [5.74, 6) is 1.41. The molecule has 0 aliphatic rings. The lowest BCUT2D eigenvalue weighted by Crippen LogP contribution is -2.30. The van der Waals surface area contributed by atoms with E-state index in [1.54, 1.807) is 41.9 Å². The minimum Gasteiger partial charge on any atom is -0.497 e. The number of carbonyl (C=O) groups excluding carboxylic acids is 2. The van der Waals surface area contributed by atoms with Gasteiger partial charge in [-0.15, -0.1) is 0 Å². The number of ether oxygens (including phenoxy) is 3. The number of imidazole rings is 1. The molecule has 1 unspecified atom stereocenters. The van der Waals surface area contributed by atoms with Gasteiger partial charge in [-0.25, -0.2) is 10.5 Å². The largest absolute Gasteiger partial charge is 0.497 e. The van der Waals surface area contributed by atoms with E-state index in [-0.39, 0.29) is 23.8 Å². The molecule has 0 saturated heterocycles. The van der Waals surface area contributed by atoms with Crippen LogP contribution in [0.4, 0.5) is 5.69 Å². The van der Waals surface area contributed by atoms with Crippen LogP contribution in [0.1, 0.15) is 44.0 Å². The van der Waals surface area contributed by atoms with Crippen LogP contribution in [0, 0.1) is 5.41 Å². The van der Waals surface area contributed by atoms with Gasteiger partial charge in [-0.2, -0.15) is 0 Å². The van der Waals surface area contributed by atoms with Gasteiger partial charge in [0, 0.05) is 35.4 Å². The van der Waals surface area contributed by atoms with Gasteiger partial charge in [0.2, 0.25) is 5.91 Å². The third-order valence-corrected chi connectivity index (χ3v) is 6.82. The summed E-state index contributed by atoms with van der Waals surface area (Å²) in [4.78, 5) is 32.5. The highest BCUT2D eigenvalue weighted by Crippen LogP contribution is 2.33. The van der Waals surface area contributed by atoms with Gasteiger partial charge >= 0.3 is 0 Å². The van der Waals surface area contributed by atoms with Crippen LogP contribution >= 0.6 is 11.6 Å². The van der Waals surface area contributed by atoms with E-state index in [4.69, 9.17) is 31.0 Å². The van der Waals surface area contributed by atoms with Gasteiger partial charge in [0.1, 0.15) is 23.1 Å². The van der Waals surface area contributed by atoms with Crippen molar-refractivity contribution < 1.29 is 29.0 Å². The van der Waals surface area contributed by atoms with E-state index in [2.05, 4.69) is 15.3 Å². The Morgan fingerprint density at radius 3 is 2.39 bits per heavy atom. The minimum absolute atomic E-state index is 0.175. The molecule has 0 bridgehead atoms. The van der Waals surface area contributed by atoms with Crippen LogP contribution in [0.3, 0.4) is 0 Å². The number of anilines is 1. The molecule has 3 aromatic carbocycles. The molecule has 41 heavy (non-hydrogen) atoms. The Labute approximate surface area is 242 Å². The molecule has 1 heterocycles. The monoisotopic (exact) mass is 580 g/mol. The second-order valence-corrected chi connectivity index (χ2v) is 10.9. The number of hydroxylamine groups is 1. The average molecular weight is 581 g/mol. The third kappa shape index (κ3) is 7.47. The number of hydrogen-bond acceptors (Lipinski definition) is 7. The molecule has 10 nitrogen and oxygen atoms in total. The summed E-state index contributed by atoms with van der Waals surface area (Å²) < 4.78 is 16.6. The zero-order valence-corrected chi connectivity index (χ0v) is 24.3. The molecule has 0 saturated carbocycles. The van der Waals surface area contributed by atoms with Crippen molar-refractivity contribution in [3.05, 3.63) is 65.2 Å². The fraction of sp³-hybridized carbons (Fsp3) is 0.300. The van der Waals surface area contributed by atoms with Crippen molar-refractivity contribution in [3.63, 3.8) is 0 Å². The Balaban J connectivity index is 1.51. The quantitative estimate of drug-likeness (QED) is 0.122. The Bertz CT molecular complexity index is 1550. The number of fused-ring (bicyclic) bond motifs is 1. The Morgan fingerprint density at radius 1 is 1.02 bits per heavy atom. The van der Waals surface area contributed by atoms with Crippen LogP contribution in [-0.4, -0.2) is 47.3 Å². The van der Waals surface area contributed by atoms with Gasteiger partial charge in [-0.05, 0) is 61.2 Å². The number of carbonyl (C=O) groups is 2. The van der Waals surface area contributed by atoms with Crippen molar-refractivity contribution in [2.24, 2.45) is 5.41 Å². The van der Waals surface area contributed by atoms with Gasteiger partial charge < -0.3 is 24.5 Å². The first-order valence-corrected chi connectivity index (χ1v) is 13.3. The number of aromatic nitrogens is 2. The second-order valence-electron chi connectivity index (χ2n) is 10.5. The predicted molar refractivity (Wildman–Crippen MR) is 157 cm³/mol. The van der Waals surface area contributed by atoms with E-state index in [1.807, 2.05) is 39.0 Å². The van der Waals surface area contributed by atoms with Gasteiger partial charge in [0.05, 0.1) is 36.4 Å². The average Bonchev–Trinajstić information content (AvgIpc) is 3.36. The SMILES string of the molecule is COc1cc(OC)cc(C(=O)Nc2ccc(Cl)c(-c3nc4ccc(OC(C)CC(C)(C)CC(=O)NO)cc4[nH]3)c2)c1. The zero-order valence-electron chi connectivity index (χ0n) is 23.5. The van der Waals surface area contributed by atoms with E-state index in [9.17, 15) is 9.59 Å². The van der Waals surface area contributed by atoms with Crippen LogP contribution in [0.2, 0.25) is 5.02 Å². The molecule has 0 radical (unpaired) electrons. The van der Waals surface area contributed by atoms with Crippen LogP contribution in [0.25, 0.3) is 22.4 Å². The van der Waals surface area contributed by atoms with Crippen molar-refractivity contribution in [3.8, 4) is 28.6 Å². The molecule has 4 aromatic rings. The topological polar surface area (TPSA) is 135 Å². The van der Waals surface area contributed by atoms with Crippen LogP contribution in [0.5, 0.6) is 17.2 Å². The Hall–Kier alpha value is -4.28. The lowest BCUT2D eigenvalue weighted by Gasteiger charge is -2.27. The number of halogens is 1. The molecule has 2 amide bonds. The fourth-order valence-electron chi connectivity index (χ4n) is 4.71. The lowest BCUT2D eigenvalue weighted by atomic mass is 9.83. The minimum atomic E-state index is -0.434.